The number of aromatic nitrogens is 1. The third-order valence-electron chi connectivity index (χ3n) is 3.81. The van der Waals surface area contributed by atoms with E-state index in [0.29, 0.717) is 0 Å². The van der Waals surface area contributed by atoms with E-state index in [9.17, 15) is 0 Å². The highest BCUT2D eigenvalue weighted by Gasteiger charge is 2.16. The summed E-state index contributed by atoms with van der Waals surface area (Å²) in [6.45, 7) is 6.02. The Kier molecular flexibility index (Phi) is 5.03. The minimum absolute atomic E-state index is 0.244. The van der Waals surface area contributed by atoms with Gasteiger partial charge in [0.15, 0.2) is 5.76 Å². The summed E-state index contributed by atoms with van der Waals surface area (Å²) >= 11 is 1.67. The largest absolute Gasteiger partial charge is 0.395 e. The van der Waals surface area contributed by atoms with E-state index in [2.05, 4.69) is 15.0 Å². The number of nitrogens with zero attached hydrogens (tertiary/aromatic N) is 3. The molecule has 1 aliphatic heterocycles. The van der Waals surface area contributed by atoms with Crippen molar-refractivity contribution in [2.75, 3.05) is 39.3 Å². The van der Waals surface area contributed by atoms with Gasteiger partial charge in [0, 0.05) is 32.2 Å². The molecular weight excluding hydrogens is 286 g/mol. The van der Waals surface area contributed by atoms with E-state index in [1.54, 1.807) is 11.3 Å². The molecular formula is C15H21N3O2S. The molecule has 0 spiro atoms. The molecule has 1 aliphatic rings. The van der Waals surface area contributed by atoms with Crippen LogP contribution in [0.25, 0.3) is 10.6 Å². The molecule has 0 saturated carbocycles. The molecule has 6 heteroatoms. The summed E-state index contributed by atoms with van der Waals surface area (Å²) in [6, 6.07) is 6.11. The zero-order chi connectivity index (χ0) is 14.5. The minimum atomic E-state index is 0.244. The van der Waals surface area contributed by atoms with Crippen LogP contribution >= 0.6 is 11.3 Å². The fraction of sp³-hybridized carbons (Fsp3) is 0.533. The van der Waals surface area contributed by atoms with Gasteiger partial charge < -0.3 is 9.63 Å². The van der Waals surface area contributed by atoms with Gasteiger partial charge in [0.2, 0.25) is 0 Å². The van der Waals surface area contributed by atoms with E-state index in [0.717, 1.165) is 62.0 Å². The second kappa shape index (κ2) is 7.17. The first kappa shape index (κ1) is 14.7. The second-order valence-corrected chi connectivity index (χ2v) is 6.30. The van der Waals surface area contributed by atoms with E-state index in [4.69, 9.17) is 9.63 Å². The van der Waals surface area contributed by atoms with Crippen LogP contribution in [0.3, 0.4) is 0 Å². The Morgan fingerprint density at radius 1 is 1.24 bits per heavy atom. The van der Waals surface area contributed by atoms with Gasteiger partial charge in [-0.1, -0.05) is 11.2 Å². The minimum Gasteiger partial charge on any atom is -0.395 e. The lowest BCUT2D eigenvalue weighted by atomic mass is 10.3. The van der Waals surface area contributed by atoms with E-state index in [-0.39, 0.29) is 6.61 Å². The van der Waals surface area contributed by atoms with Crippen LogP contribution in [0.5, 0.6) is 0 Å². The third kappa shape index (κ3) is 3.91. The van der Waals surface area contributed by atoms with Gasteiger partial charge >= 0.3 is 0 Å². The maximum Gasteiger partial charge on any atom is 0.177 e. The predicted molar refractivity (Wildman–Crippen MR) is 83.2 cm³/mol. The summed E-state index contributed by atoms with van der Waals surface area (Å²) in [5, 5.41) is 15.3. The third-order valence-corrected chi connectivity index (χ3v) is 4.69. The molecule has 1 fully saturated rings. The van der Waals surface area contributed by atoms with Crippen LogP contribution in [0.15, 0.2) is 28.1 Å². The van der Waals surface area contributed by atoms with Crippen LogP contribution in [0.1, 0.15) is 12.1 Å². The van der Waals surface area contributed by atoms with Crippen molar-refractivity contribution in [1.82, 2.24) is 15.0 Å². The van der Waals surface area contributed by atoms with Crippen molar-refractivity contribution in [2.24, 2.45) is 0 Å². The summed E-state index contributed by atoms with van der Waals surface area (Å²) < 4.78 is 5.43. The molecule has 1 saturated heterocycles. The van der Waals surface area contributed by atoms with Gasteiger partial charge in [-0.3, -0.25) is 9.80 Å². The molecule has 0 radical (unpaired) electrons. The Balaban J connectivity index is 1.57. The van der Waals surface area contributed by atoms with Crippen molar-refractivity contribution in [1.29, 1.82) is 0 Å². The monoisotopic (exact) mass is 307 g/mol. The molecule has 0 amide bonds. The molecule has 1 N–H and O–H groups in total. The van der Waals surface area contributed by atoms with Crippen LogP contribution in [0, 0.1) is 0 Å². The van der Waals surface area contributed by atoms with Crippen molar-refractivity contribution >= 4 is 11.3 Å². The normalized spacial score (nSPS) is 18.0. The first-order chi connectivity index (χ1) is 10.3. The number of aliphatic hydroxyl groups is 1. The second-order valence-electron chi connectivity index (χ2n) is 5.35. The highest BCUT2D eigenvalue weighted by atomic mass is 32.1. The average molecular weight is 307 g/mol. The van der Waals surface area contributed by atoms with E-state index in [1.165, 1.54) is 0 Å². The maximum atomic E-state index is 9.03. The van der Waals surface area contributed by atoms with Gasteiger partial charge in [-0.25, -0.2) is 0 Å². The van der Waals surface area contributed by atoms with Crippen molar-refractivity contribution in [3.8, 4) is 10.6 Å². The molecule has 3 heterocycles. The van der Waals surface area contributed by atoms with Gasteiger partial charge in [0.05, 0.1) is 17.2 Å². The fourth-order valence-corrected chi connectivity index (χ4v) is 3.37. The lowest BCUT2D eigenvalue weighted by Crippen LogP contribution is -2.32. The molecule has 0 aromatic carbocycles. The Labute approximate surface area is 128 Å². The standard InChI is InChI=1S/C15H21N3O2S/c19-9-8-17-4-2-5-18(7-6-17)12-13-11-14(20-16-13)15-3-1-10-21-15/h1,3,10-11,19H,2,4-9,12H2. The quantitative estimate of drug-likeness (QED) is 0.914. The van der Waals surface area contributed by atoms with Gasteiger partial charge in [0.25, 0.3) is 0 Å². The smallest absolute Gasteiger partial charge is 0.177 e. The lowest BCUT2D eigenvalue weighted by Gasteiger charge is -2.20. The molecule has 2 aromatic heterocycles. The zero-order valence-corrected chi connectivity index (χ0v) is 12.9. The van der Waals surface area contributed by atoms with E-state index in [1.807, 2.05) is 23.6 Å². The van der Waals surface area contributed by atoms with Crippen LogP contribution in [0.2, 0.25) is 0 Å². The molecule has 21 heavy (non-hydrogen) atoms. The van der Waals surface area contributed by atoms with Gasteiger partial charge in [-0.15, -0.1) is 11.3 Å². The average Bonchev–Trinajstić information content (AvgIpc) is 3.10. The predicted octanol–water partition coefficient (Wildman–Crippen LogP) is 1.90. The summed E-state index contributed by atoms with van der Waals surface area (Å²) in [5.41, 5.74) is 0.994. The SMILES string of the molecule is OCCN1CCCN(Cc2cc(-c3cccs3)on2)CC1. The van der Waals surface area contributed by atoms with Crippen LogP contribution < -0.4 is 0 Å². The molecule has 0 unspecified atom stereocenters. The van der Waals surface area contributed by atoms with Crippen LogP contribution in [-0.2, 0) is 6.54 Å². The Hall–Kier alpha value is -1.21. The molecule has 3 rings (SSSR count). The first-order valence-electron chi connectivity index (χ1n) is 7.40. The number of hydrogen-bond donors (Lipinski definition) is 1. The number of β-amino-alcohol motifs (C(OH)–C–C–N with tert-alkyl or cyclic N) is 1. The van der Waals surface area contributed by atoms with Gasteiger partial charge in [-0.2, -0.15) is 0 Å². The van der Waals surface area contributed by atoms with Gasteiger partial charge in [-0.05, 0) is 31.0 Å². The van der Waals surface area contributed by atoms with Crippen molar-refractivity contribution in [3.05, 3.63) is 29.3 Å². The highest BCUT2D eigenvalue weighted by Crippen LogP contribution is 2.25. The molecule has 0 aliphatic carbocycles. The highest BCUT2D eigenvalue weighted by molar-refractivity contribution is 7.13. The number of thiophene rings is 1. The summed E-state index contributed by atoms with van der Waals surface area (Å²) in [7, 11) is 0. The summed E-state index contributed by atoms with van der Waals surface area (Å²) in [4.78, 5) is 5.85. The van der Waals surface area contributed by atoms with Crippen molar-refractivity contribution in [3.63, 3.8) is 0 Å². The molecule has 5 nitrogen and oxygen atoms in total. The fourth-order valence-electron chi connectivity index (χ4n) is 2.70. The van der Waals surface area contributed by atoms with Crippen LogP contribution in [-0.4, -0.2) is 59.4 Å². The Bertz CT molecular complexity index is 541. The van der Waals surface area contributed by atoms with Crippen molar-refractivity contribution < 1.29 is 9.63 Å². The van der Waals surface area contributed by atoms with E-state index >= 15 is 0 Å². The maximum absolute atomic E-state index is 9.03. The first-order valence-corrected chi connectivity index (χ1v) is 8.28. The number of rotatable bonds is 5. The number of aliphatic hydroxyl groups excluding tert-OH is 1. The van der Waals surface area contributed by atoms with Crippen molar-refractivity contribution in [2.45, 2.75) is 13.0 Å². The van der Waals surface area contributed by atoms with E-state index < -0.39 is 0 Å². The summed E-state index contributed by atoms with van der Waals surface area (Å²) in [5.74, 6) is 0.858. The van der Waals surface area contributed by atoms with Gasteiger partial charge in [0.1, 0.15) is 0 Å². The molecule has 0 atom stereocenters. The molecule has 114 valence electrons. The number of hydrogen-bond acceptors (Lipinski definition) is 6. The Morgan fingerprint density at radius 2 is 2.10 bits per heavy atom. The topological polar surface area (TPSA) is 52.7 Å². The van der Waals surface area contributed by atoms with Crippen LogP contribution in [0.4, 0.5) is 0 Å². The molecule has 2 aromatic rings. The summed E-state index contributed by atoms with van der Waals surface area (Å²) in [6.07, 6.45) is 1.13. The lowest BCUT2D eigenvalue weighted by molar-refractivity contribution is 0.195. The zero-order valence-electron chi connectivity index (χ0n) is 12.1. The molecule has 0 bridgehead atoms. The Morgan fingerprint density at radius 3 is 2.90 bits per heavy atom.